The first-order valence-corrected chi connectivity index (χ1v) is 9.71. The van der Waals surface area contributed by atoms with Crippen molar-refractivity contribution >= 4 is 11.9 Å². The number of likely N-dealkylation sites (N-methyl/N-ethyl adjacent to an activating group) is 1. The van der Waals surface area contributed by atoms with Gasteiger partial charge in [0.15, 0.2) is 5.96 Å². The van der Waals surface area contributed by atoms with Gasteiger partial charge >= 0.3 is 6.18 Å². The van der Waals surface area contributed by atoms with E-state index < -0.39 is 11.7 Å². The number of carbonyl (C=O) groups excluding carboxylic acids is 1. The molecule has 0 saturated carbocycles. The molecule has 168 valence electrons. The summed E-state index contributed by atoms with van der Waals surface area (Å²) in [7, 11) is 4.87. The molecule has 0 aromatic heterocycles. The van der Waals surface area contributed by atoms with Gasteiger partial charge in [0, 0.05) is 20.6 Å². The molecule has 0 aliphatic heterocycles. The number of ether oxygens (including phenoxy) is 1. The maximum atomic E-state index is 12.9. The summed E-state index contributed by atoms with van der Waals surface area (Å²) in [6, 6.07) is 12.6. The summed E-state index contributed by atoms with van der Waals surface area (Å²) < 4.78 is 44.1. The number of rotatable bonds is 8. The van der Waals surface area contributed by atoms with Crippen molar-refractivity contribution in [3.05, 3.63) is 65.2 Å². The van der Waals surface area contributed by atoms with E-state index in [1.54, 1.807) is 27.3 Å². The molecular formula is C22H27F3N4O2. The minimum absolute atomic E-state index is 0.0100. The number of guanidine groups is 1. The van der Waals surface area contributed by atoms with Crippen LogP contribution in [-0.2, 0) is 23.9 Å². The Morgan fingerprint density at radius 3 is 2.52 bits per heavy atom. The highest BCUT2D eigenvalue weighted by Crippen LogP contribution is 2.29. The van der Waals surface area contributed by atoms with Gasteiger partial charge in [-0.1, -0.05) is 30.3 Å². The van der Waals surface area contributed by atoms with E-state index in [0.29, 0.717) is 24.5 Å². The molecule has 0 aliphatic carbocycles. The van der Waals surface area contributed by atoms with Crippen LogP contribution in [0.15, 0.2) is 53.5 Å². The third-order valence-electron chi connectivity index (χ3n) is 4.46. The lowest BCUT2D eigenvalue weighted by atomic mass is 10.1. The van der Waals surface area contributed by atoms with Crippen LogP contribution in [0.2, 0.25) is 0 Å². The SMILES string of the molecule is COc1ccccc1CCNC(=NCc1cccc(C(F)(F)F)c1)NCC(=O)N(C)C. The lowest BCUT2D eigenvalue weighted by molar-refractivity contribution is -0.137. The first kappa shape index (κ1) is 24.0. The van der Waals surface area contributed by atoms with Gasteiger partial charge in [0.1, 0.15) is 5.75 Å². The van der Waals surface area contributed by atoms with E-state index in [0.717, 1.165) is 23.4 Å². The van der Waals surface area contributed by atoms with Crippen molar-refractivity contribution in [2.24, 2.45) is 4.99 Å². The van der Waals surface area contributed by atoms with Crippen molar-refractivity contribution in [2.45, 2.75) is 19.1 Å². The first-order chi connectivity index (χ1) is 14.7. The molecule has 0 bridgehead atoms. The minimum Gasteiger partial charge on any atom is -0.496 e. The van der Waals surface area contributed by atoms with Gasteiger partial charge in [-0.15, -0.1) is 0 Å². The molecule has 2 rings (SSSR count). The largest absolute Gasteiger partial charge is 0.496 e. The van der Waals surface area contributed by atoms with Crippen molar-refractivity contribution < 1.29 is 22.7 Å². The monoisotopic (exact) mass is 436 g/mol. The molecule has 2 aromatic rings. The van der Waals surface area contributed by atoms with E-state index in [9.17, 15) is 18.0 Å². The smallest absolute Gasteiger partial charge is 0.416 e. The molecule has 9 heteroatoms. The van der Waals surface area contributed by atoms with Gasteiger partial charge in [-0.25, -0.2) is 4.99 Å². The molecule has 0 aliphatic rings. The van der Waals surface area contributed by atoms with Crippen LogP contribution in [0, 0.1) is 0 Å². The summed E-state index contributed by atoms with van der Waals surface area (Å²) in [5.74, 6) is 0.948. The number of nitrogens with one attached hydrogen (secondary N) is 2. The predicted octanol–water partition coefficient (Wildman–Crippen LogP) is 3.08. The van der Waals surface area contributed by atoms with Crippen LogP contribution in [0.3, 0.4) is 0 Å². The second kappa shape index (κ2) is 11.2. The summed E-state index contributed by atoms with van der Waals surface area (Å²) in [5.41, 5.74) is 0.695. The summed E-state index contributed by atoms with van der Waals surface area (Å²) in [6.07, 6.45) is -3.78. The number of aliphatic imine (C=N–C) groups is 1. The van der Waals surface area contributed by atoms with Crippen molar-refractivity contribution in [3.8, 4) is 5.75 Å². The molecule has 0 heterocycles. The Bertz CT molecular complexity index is 898. The van der Waals surface area contributed by atoms with Crippen molar-refractivity contribution in [1.82, 2.24) is 15.5 Å². The van der Waals surface area contributed by atoms with Crippen LogP contribution in [0.5, 0.6) is 5.75 Å². The highest BCUT2D eigenvalue weighted by Gasteiger charge is 2.30. The van der Waals surface area contributed by atoms with Crippen molar-refractivity contribution in [3.63, 3.8) is 0 Å². The second-order valence-corrected chi connectivity index (χ2v) is 6.99. The molecule has 1 amide bonds. The molecule has 0 unspecified atom stereocenters. The van der Waals surface area contributed by atoms with Gasteiger partial charge in [0.25, 0.3) is 0 Å². The number of halogens is 3. The molecule has 0 radical (unpaired) electrons. The van der Waals surface area contributed by atoms with Gasteiger partial charge in [0.2, 0.25) is 5.91 Å². The van der Waals surface area contributed by atoms with E-state index in [2.05, 4.69) is 15.6 Å². The van der Waals surface area contributed by atoms with Crippen LogP contribution >= 0.6 is 0 Å². The summed E-state index contributed by atoms with van der Waals surface area (Å²) in [6.45, 7) is 0.533. The Morgan fingerprint density at radius 2 is 1.84 bits per heavy atom. The average Bonchev–Trinajstić information content (AvgIpc) is 2.74. The average molecular weight is 436 g/mol. The number of amides is 1. The van der Waals surface area contributed by atoms with Crippen molar-refractivity contribution in [1.29, 1.82) is 0 Å². The van der Waals surface area contributed by atoms with Gasteiger partial charge < -0.3 is 20.3 Å². The van der Waals surface area contributed by atoms with Gasteiger partial charge in [-0.2, -0.15) is 13.2 Å². The molecular weight excluding hydrogens is 409 g/mol. The Hall–Kier alpha value is -3.23. The highest BCUT2D eigenvalue weighted by atomic mass is 19.4. The molecule has 0 saturated heterocycles. The fourth-order valence-electron chi connectivity index (χ4n) is 2.73. The Morgan fingerprint density at radius 1 is 1.10 bits per heavy atom. The number of para-hydroxylation sites is 1. The zero-order chi connectivity index (χ0) is 22.9. The second-order valence-electron chi connectivity index (χ2n) is 6.99. The fourth-order valence-corrected chi connectivity index (χ4v) is 2.73. The summed E-state index contributed by atoms with van der Waals surface area (Å²) in [5, 5.41) is 6.04. The molecule has 6 nitrogen and oxygen atoms in total. The lowest BCUT2D eigenvalue weighted by Crippen LogP contribution is -2.43. The Balaban J connectivity index is 2.07. The molecule has 31 heavy (non-hydrogen) atoms. The lowest BCUT2D eigenvalue weighted by Gasteiger charge is -2.16. The Labute approximate surface area is 180 Å². The number of methoxy groups -OCH3 is 1. The van der Waals surface area contributed by atoms with Crippen LogP contribution in [0.4, 0.5) is 13.2 Å². The molecule has 2 N–H and O–H groups in total. The van der Waals surface area contributed by atoms with E-state index in [1.807, 2.05) is 24.3 Å². The highest BCUT2D eigenvalue weighted by molar-refractivity contribution is 5.86. The standard InChI is InChI=1S/C22H27F3N4O2/c1-29(2)20(30)15-28-21(26-12-11-17-8-4-5-10-19(17)31-3)27-14-16-7-6-9-18(13-16)22(23,24)25/h4-10,13H,11-12,14-15H2,1-3H3,(H2,26,27,28). The number of hydrogen-bond donors (Lipinski definition) is 2. The number of carbonyl (C=O) groups is 1. The maximum absolute atomic E-state index is 12.9. The van der Waals surface area contributed by atoms with Crippen LogP contribution < -0.4 is 15.4 Å². The molecule has 0 spiro atoms. The van der Waals surface area contributed by atoms with Gasteiger partial charge in [-0.3, -0.25) is 4.79 Å². The van der Waals surface area contributed by atoms with Crippen LogP contribution in [-0.4, -0.2) is 51.1 Å². The number of alkyl halides is 3. The summed E-state index contributed by atoms with van der Waals surface area (Å²) in [4.78, 5) is 17.7. The zero-order valence-corrected chi connectivity index (χ0v) is 17.8. The number of nitrogens with zero attached hydrogens (tertiary/aromatic N) is 2. The third kappa shape index (κ3) is 7.84. The molecule has 2 aromatic carbocycles. The van der Waals surface area contributed by atoms with Gasteiger partial charge in [-0.05, 0) is 35.7 Å². The zero-order valence-electron chi connectivity index (χ0n) is 17.8. The predicted molar refractivity (Wildman–Crippen MR) is 114 cm³/mol. The van der Waals surface area contributed by atoms with E-state index in [4.69, 9.17) is 4.74 Å². The normalized spacial score (nSPS) is 11.7. The molecule has 0 fully saturated rings. The summed E-state index contributed by atoms with van der Waals surface area (Å²) >= 11 is 0. The van der Waals surface area contributed by atoms with Crippen LogP contribution in [0.25, 0.3) is 0 Å². The number of benzene rings is 2. The first-order valence-electron chi connectivity index (χ1n) is 9.71. The quantitative estimate of drug-likeness (QED) is 0.493. The van der Waals surface area contributed by atoms with E-state index >= 15 is 0 Å². The van der Waals surface area contributed by atoms with Gasteiger partial charge in [0.05, 0.1) is 25.8 Å². The fraction of sp³-hybridized carbons (Fsp3) is 0.364. The topological polar surface area (TPSA) is 66.0 Å². The van der Waals surface area contributed by atoms with E-state index in [1.165, 1.54) is 11.0 Å². The minimum atomic E-state index is -4.41. The molecule has 0 atom stereocenters. The van der Waals surface area contributed by atoms with E-state index in [-0.39, 0.29) is 19.0 Å². The Kier molecular flexibility index (Phi) is 8.72. The number of hydrogen-bond acceptors (Lipinski definition) is 3. The third-order valence-corrected chi connectivity index (χ3v) is 4.46. The maximum Gasteiger partial charge on any atom is 0.416 e. The van der Waals surface area contributed by atoms with Crippen LogP contribution in [0.1, 0.15) is 16.7 Å². The van der Waals surface area contributed by atoms with Crippen molar-refractivity contribution in [2.75, 3.05) is 34.3 Å².